The van der Waals surface area contributed by atoms with Crippen molar-refractivity contribution in [3.8, 4) is 0 Å². The number of hydrogen-bond donors (Lipinski definition) is 1. The Hall–Kier alpha value is -2.88. The smallest absolute Gasteiger partial charge is 0.256 e. The zero-order chi connectivity index (χ0) is 21.9. The molecule has 4 aromatic rings. The summed E-state index contributed by atoms with van der Waals surface area (Å²) in [5.74, 6) is 1.28. The number of aromatic nitrogens is 2. The number of carbonyl (C=O) groups excluding carboxylic acids is 1. The summed E-state index contributed by atoms with van der Waals surface area (Å²) in [4.78, 5) is 20.9. The lowest BCUT2D eigenvalue weighted by atomic mass is 10.2. The topological polar surface area (TPSA) is 80.5 Å². The van der Waals surface area contributed by atoms with E-state index < -0.39 is 0 Å². The van der Waals surface area contributed by atoms with Gasteiger partial charge in [0.2, 0.25) is 0 Å². The maximum Gasteiger partial charge on any atom is 0.256 e. The Morgan fingerprint density at radius 3 is 2.84 bits per heavy atom. The zero-order valence-corrected chi connectivity index (χ0v) is 19.2. The van der Waals surface area contributed by atoms with Crippen LogP contribution in [-0.2, 0) is 10.5 Å². The molecule has 1 aliphatic heterocycles. The molecule has 2 aromatic heterocycles. The van der Waals surface area contributed by atoms with Gasteiger partial charge in [-0.25, -0.2) is 4.98 Å². The molecule has 0 aliphatic carbocycles. The summed E-state index contributed by atoms with van der Waals surface area (Å²) in [6, 6.07) is 15.4. The van der Waals surface area contributed by atoms with E-state index in [2.05, 4.69) is 15.4 Å². The van der Waals surface area contributed by atoms with Crippen LogP contribution in [0, 0.1) is 6.92 Å². The second-order valence-electron chi connectivity index (χ2n) is 7.45. The molecule has 1 amide bonds. The molecule has 0 atom stereocenters. The predicted octanol–water partition coefficient (Wildman–Crippen LogP) is 4.97. The molecule has 3 heterocycles. The number of aryl methyl sites for hydroxylation is 1. The SMILES string of the molecule is Cc1cc(CSc2ccccc2C(=O)Nc2ccc3nc(N4CCOCC4)sc3c2)no1. The van der Waals surface area contributed by atoms with E-state index >= 15 is 0 Å². The molecule has 0 spiro atoms. The number of benzene rings is 2. The summed E-state index contributed by atoms with van der Waals surface area (Å²) in [6.07, 6.45) is 0. The van der Waals surface area contributed by atoms with Gasteiger partial charge < -0.3 is 19.5 Å². The molecule has 7 nitrogen and oxygen atoms in total. The molecule has 0 unspecified atom stereocenters. The Morgan fingerprint density at radius 1 is 1.19 bits per heavy atom. The highest BCUT2D eigenvalue weighted by Gasteiger charge is 2.17. The fourth-order valence-electron chi connectivity index (χ4n) is 3.50. The van der Waals surface area contributed by atoms with Crippen molar-refractivity contribution in [3.05, 3.63) is 65.5 Å². The van der Waals surface area contributed by atoms with Crippen molar-refractivity contribution < 1.29 is 14.1 Å². The summed E-state index contributed by atoms with van der Waals surface area (Å²) in [5, 5.41) is 8.06. The second-order valence-corrected chi connectivity index (χ2v) is 9.47. The number of nitrogens with one attached hydrogen (secondary N) is 1. The van der Waals surface area contributed by atoms with Gasteiger partial charge in [-0.05, 0) is 37.3 Å². The van der Waals surface area contributed by atoms with Crippen LogP contribution in [0.4, 0.5) is 10.8 Å². The van der Waals surface area contributed by atoms with Crippen molar-refractivity contribution >= 4 is 50.0 Å². The van der Waals surface area contributed by atoms with Gasteiger partial charge in [-0.2, -0.15) is 0 Å². The molecule has 1 aliphatic rings. The van der Waals surface area contributed by atoms with Crippen LogP contribution in [0.25, 0.3) is 10.2 Å². The van der Waals surface area contributed by atoms with Gasteiger partial charge in [-0.1, -0.05) is 28.6 Å². The quantitative estimate of drug-likeness (QED) is 0.402. The minimum atomic E-state index is -0.137. The van der Waals surface area contributed by atoms with Gasteiger partial charge in [-0.3, -0.25) is 4.79 Å². The van der Waals surface area contributed by atoms with E-state index in [1.165, 1.54) is 0 Å². The molecule has 2 aromatic carbocycles. The molecular formula is C23H22N4O3S2. The van der Waals surface area contributed by atoms with Crippen molar-refractivity contribution in [2.45, 2.75) is 17.6 Å². The third-order valence-corrected chi connectivity index (χ3v) is 7.29. The molecule has 1 saturated heterocycles. The molecule has 0 saturated carbocycles. The van der Waals surface area contributed by atoms with Crippen molar-refractivity contribution in [1.82, 2.24) is 10.1 Å². The first-order valence-electron chi connectivity index (χ1n) is 10.3. The van der Waals surface area contributed by atoms with Crippen LogP contribution in [0.1, 0.15) is 21.8 Å². The number of fused-ring (bicyclic) bond motifs is 1. The second kappa shape index (κ2) is 9.32. The fourth-order valence-corrected chi connectivity index (χ4v) is 5.48. The first-order valence-corrected chi connectivity index (χ1v) is 12.1. The number of thiazole rings is 1. The van der Waals surface area contributed by atoms with E-state index in [9.17, 15) is 4.79 Å². The van der Waals surface area contributed by atoms with Crippen LogP contribution in [0.15, 0.2) is 57.9 Å². The highest BCUT2D eigenvalue weighted by molar-refractivity contribution is 7.98. The number of ether oxygens (including phenoxy) is 1. The lowest BCUT2D eigenvalue weighted by molar-refractivity contribution is 0.102. The molecule has 1 fully saturated rings. The van der Waals surface area contributed by atoms with Gasteiger partial charge in [0.25, 0.3) is 5.91 Å². The maximum absolute atomic E-state index is 13.0. The lowest BCUT2D eigenvalue weighted by Gasteiger charge is -2.25. The number of amides is 1. The average molecular weight is 467 g/mol. The van der Waals surface area contributed by atoms with Crippen molar-refractivity contribution in [3.63, 3.8) is 0 Å². The molecular weight excluding hydrogens is 444 g/mol. The van der Waals surface area contributed by atoms with Crippen LogP contribution in [0.3, 0.4) is 0 Å². The average Bonchev–Trinajstić information content (AvgIpc) is 3.44. The summed E-state index contributed by atoms with van der Waals surface area (Å²) in [6.45, 7) is 5.03. The number of carbonyl (C=O) groups is 1. The number of nitrogens with zero attached hydrogens (tertiary/aromatic N) is 3. The number of anilines is 2. The van der Waals surface area contributed by atoms with Crippen LogP contribution >= 0.6 is 23.1 Å². The van der Waals surface area contributed by atoms with E-state index in [-0.39, 0.29) is 5.91 Å². The van der Waals surface area contributed by atoms with Gasteiger partial charge in [-0.15, -0.1) is 11.8 Å². The molecule has 9 heteroatoms. The molecule has 0 bridgehead atoms. The summed E-state index contributed by atoms with van der Waals surface area (Å²) in [5.41, 5.74) is 3.19. The normalized spacial score (nSPS) is 14.1. The van der Waals surface area contributed by atoms with E-state index in [0.717, 1.165) is 63.7 Å². The molecule has 1 N–H and O–H groups in total. The third-order valence-electron chi connectivity index (χ3n) is 5.10. The van der Waals surface area contributed by atoms with Crippen LogP contribution in [0.2, 0.25) is 0 Å². The van der Waals surface area contributed by atoms with Crippen LogP contribution in [0.5, 0.6) is 0 Å². The molecule has 0 radical (unpaired) electrons. The van der Waals surface area contributed by atoms with Gasteiger partial charge in [0, 0.05) is 35.5 Å². The standard InChI is InChI=1S/C23H22N4O3S2/c1-15-12-17(26-30-15)14-31-20-5-3-2-4-18(20)22(28)24-16-6-7-19-21(13-16)32-23(25-19)27-8-10-29-11-9-27/h2-7,12-13H,8-11,14H2,1H3,(H,24,28). The first kappa shape index (κ1) is 21.0. The molecule has 164 valence electrons. The third kappa shape index (κ3) is 4.64. The fraction of sp³-hybridized carbons (Fsp3) is 0.261. The predicted molar refractivity (Wildman–Crippen MR) is 128 cm³/mol. The highest BCUT2D eigenvalue weighted by Crippen LogP contribution is 2.32. The number of morpholine rings is 1. The van der Waals surface area contributed by atoms with Crippen molar-refractivity contribution in [2.24, 2.45) is 0 Å². The maximum atomic E-state index is 13.0. The number of thioether (sulfide) groups is 1. The Balaban J connectivity index is 1.31. The Morgan fingerprint density at radius 2 is 2.03 bits per heavy atom. The Bertz CT molecular complexity index is 1250. The lowest BCUT2D eigenvalue weighted by Crippen LogP contribution is -2.36. The van der Waals surface area contributed by atoms with Crippen LogP contribution < -0.4 is 10.2 Å². The Labute approximate surface area is 193 Å². The minimum Gasteiger partial charge on any atom is -0.378 e. The first-order chi connectivity index (χ1) is 15.7. The summed E-state index contributed by atoms with van der Waals surface area (Å²) < 4.78 is 11.6. The van der Waals surface area contributed by atoms with Gasteiger partial charge in [0.05, 0.1) is 34.7 Å². The van der Waals surface area contributed by atoms with Gasteiger partial charge >= 0.3 is 0 Å². The molecule has 32 heavy (non-hydrogen) atoms. The van der Waals surface area contributed by atoms with Crippen molar-refractivity contribution in [1.29, 1.82) is 0 Å². The monoisotopic (exact) mass is 466 g/mol. The molecule has 5 rings (SSSR count). The Kier molecular flexibility index (Phi) is 6.11. The number of rotatable bonds is 6. The van der Waals surface area contributed by atoms with E-state index in [4.69, 9.17) is 14.2 Å². The zero-order valence-electron chi connectivity index (χ0n) is 17.5. The van der Waals surface area contributed by atoms with E-state index in [1.807, 2.05) is 55.5 Å². The minimum absolute atomic E-state index is 0.137. The van der Waals surface area contributed by atoms with Gasteiger partial charge in [0.15, 0.2) is 5.13 Å². The van der Waals surface area contributed by atoms with E-state index in [0.29, 0.717) is 11.3 Å². The van der Waals surface area contributed by atoms with E-state index in [1.54, 1.807) is 23.1 Å². The number of hydrogen-bond acceptors (Lipinski definition) is 8. The largest absolute Gasteiger partial charge is 0.378 e. The van der Waals surface area contributed by atoms with Crippen molar-refractivity contribution in [2.75, 3.05) is 36.5 Å². The summed E-state index contributed by atoms with van der Waals surface area (Å²) >= 11 is 3.21. The summed E-state index contributed by atoms with van der Waals surface area (Å²) in [7, 11) is 0. The van der Waals surface area contributed by atoms with Crippen LogP contribution in [-0.4, -0.2) is 42.4 Å². The van der Waals surface area contributed by atoms with Gasteiger partial charge in [0.1, 0.15) is 5.76 Å². The highest BCUT2D eigenvalue weighted by atomic mass is 32.2.